The van der Waals surface area contributed by atoms with Gasteiger partial charge in [0.15, 0.2) is 5.82 Å². The van der Waals surface area contributed by atoms with E-state index in [1.54, 1.807) is 7.11 Å². The molecule has 0 saturated carbocycles. The maximum atomic E-state index is 5.98. The number of nitrogens with one attached hydrogen (secondary N) is 1. The summed E-state index contributed by atoms with van der Waals surface area (Å²) < 4.78 is 5.26. The summed E-state index contributed by atoms with van der Waals surface area (Å²) in [6.07, 6.45) is 1.11. The summed E-state index contributed by atoms with van der Waals surface area (Å²) in [5.74, 6) is 1.67. The van der Waals surface area contributed by atoms with Crippen LogP contribution in [0.1, 0.15) is 12.1 Å². The van der Waals surface area contributed by atoms with Crippen LogP contribution in [0.2, 0.25) is 5.02 Å². The molecule has 2 aromatic rings. The average molecular weight is 333 g/mol. The van der Waals surface area contributed by atoms with E-state index in [9.17, 15) is 0 Å². The molecule has 122 valence electrons. The van der Waals surface area contributed by atoms with Gasteiger partial charge in [-0.1, -0.05) is 11.6 Å². The first-order chi connectivity index (χ1) is 11.3. The van der Waals surface area contributed by atoms with E-state index >= 15 is 0 Å². The Hall–Kier alpha value is -1.69. The van der Waals surface area contributed by atoms with Crippen molar-refractivity contribution in [3.8, 4) is 11.4 Å². The number of ether oxygens (including phenoxy) is 1. The molecule has 1 aliphatic rings. The van der Waals surface area contributed by atoms with E-state index < -0.39 is 0 Å². The number of nitrogens with zero attached hydrogens (tertiary/aromatic N) is 3. The Bertz CT molecular complexity index is 640. The lowest BCUT2D eigenvalue weighted by Gasteiger charge is -2.22. The lowest BCUT2D eigenvalue weighted by atomic mass is 10.2. The molecule has 3 rings (SSSR count). The summed E-state index contributed by atoms with van der Waals surface area (Å²) in [6, 6.07) is 9.63. The van der Waals surface area contributed by atoms with E-state index in [0.29, 0.717) is 17.5 Å². The Balaban J connectivity index is 1.96. The number of hydrogen-bond acceptors (Lipinski definition) is 5. The van der Waals surface area contributed by atoms with Crippen LogP contribution in [-0.4, -0.2) is 43.3 Å². The third-order valence-electron chi connectivity index (χ3n) is 3.82. The van der Waals surface area contributed by atoms with Crippen molar-refractivity contribution in [3.63, 3.8) is 0 Å². The fraction of sp³-hybridized carbons (Fsp3) is 0.412. The number of halogens is 1. The van der Waals surface area contributed by atoms with Crippen molar-refractivity contribution in [1.82, 2.24) is 15.3 Å². The highest BCUT2D eigenvalue weighted by molar-refractivity contribution is 6.30. The van der Waals surface area contributed by atoms with Crippen LogP contribution in [0.3, 0.4) is 0 Å². The van der Waals surface area contributed by atoms with E-state index in [1.807, 2.05) is 30.3 Å². The van der Waals surface area contributed by atoms with Gasteiger partial charge in [-0.2, -0.15) is 0 Å². The molecule has 0 spiro atoms. The Morgan fingerprint density at radius 1 is 1.17 bits per heavy atom. The SMILES string of the molecule is COCc1cc(N2CCCNCC2)nc(-c2ccc(Cl)cc2)n1. The monoisotopic (exact) mass is 332 g/mol. The van der Waals surface area contributed by atoms with Gasteiger partial charge in [-0.3, -0.25) is 0 Å². The minimum absolute atomic E-state index is 0.474. The van der Waals surface area contributed by atoms with E-state index in [2.05, 4.69) is 15.2 Å². The molecule has 0 atom stereocenters. The van der Waals surface area contributed by atoms with Crippen LogP contribution in [0.15, 0.2) is 30.3 Å². The normalized spacial score (nSPS) is 15.5. The van der Waals surface area contributed by atoms with Crippen LogP contribution < -0.4 is 10.2 Å². The van der Waals surface area contributed by atoms with Gasteiger partial charge in [0, 0.05) is 43.4 Å². The van der Waals surface area contributed by atoms with Crippen molar-refractivity contribution in [2.75, 3.05) is 38.2 Å². The summed E-state index contributed by atoms with van der Waals surface area (Å²) in [5, 5.41) is 4.12. The van der Waals surface area contributed by atoms with Crippen molar-refractivity contribution in [2.45, 2.75) is 13.0 Å². The topological polar surface area (TPSA) is 50.3 Å². The predicted molar refractivity (Wildman–Crippen MR) is 92.9 cm³/mol. The number of anilines is 1. The molecule has 1 aromatic carbocycles. The first kappa shape index (κ1) is 16.2. The molecule has 1 fully saturated rings. The second kappa shape index (κ2) is 7.73. The van der Waals surface area contributed by atoms with Gasteiger partial charge in [-0.15, -0.1) is 0 Å². The Morgan fingerprint density at radius 2 is 2.00 bits per heavy atom. The number of methoxy groups -OCH3 is 1. The molecular weight excluding hydrogens is 312 g/mol. The average Bonchev–Trinajstić information content (AvgIpc) is 2.85. The van der Waals surface area contributed by atoms with Gasteiger partial charge in [0.05, 0.1) is 12.3 Å². The first-order valence-electron chi connectivity index (χ1n) is 7.85. The molecule has 0 amide bonds. The summed E-state index contributed by atoms with van der Waals surface area (Å²) in [6.45, 7) is 4.44. The lowest BCUT2D eigenvalue weighted by molar-refractivity contribution is 0.181. The van der Waals surface area contributed by atoms with E-state index in [4.69, 9.17) is 21.3 Å². The molecule has 1 aromatic heterocycles. The van der Waals surface area contributed by atoms with E-state index in [-0.39, 0.29) is 0 Å². The van der Waals surface area contributed by atoms with Crippen LogP contribution in [0.25, 0.3) is 11.4 Å². The molecule has 0 aliphatic carbocycles. The van der Waals surface area contributed by atoms with E-state index in [1.165, 1.54) is 0 Å². The Labute approximate surface area is 141 Å². The third-order valence-corrected chi connectivity index (χ3v) is 4.08. The van der Waals surface area contributed by atoms with Gasteiger partial charge < -0.3 is 15.0 Å². The molecule has 6 heteroatoms. The second-order valence-corrected chi connectivity index (χ2v) is 6.01. The molecule has 5 nitrogen and oxygen atoms in total. The summed E-state index contributed by atoms with van der Waals surface area (Å²) in [5.41, 5.74) is 1.85. The van der Waals surface area contributed by atoms with Gasteiger partial charge in [0.1, 0.15) is 5.82 Å². The van der Waals surface area contributed by atoms with Crippen molar-refractivity contribution >= 4 is 17.4 Å². The minimum Gasteiger partial charge on any atom is -0.378 e. The number of aromatic nitrogens is 2. The molecule has 1 N–H and O–H groups in total. The maximum absolute atomic E-state index is 5.98. The third kappa shape index (κ3) is 4.19. The zero-order valence-corrected chi connectivity index (χ0v) is 14.0. The molecule has 0 bridgehead atoms. The molecule has 23 heavy (non-hydrogen) atoms. The first-order valence-corrected chi connectivity index (χ1v) is 8.22. The van der Waals surface area contributed by atoms with Gasteiger partial charge in [0.2, 0.25) is 0 Å². The van der Waals surface area contributed by atoms with E-state index in [0.717, 1.165) is 49.7 Å². The van der Waals surface area contributed by atoms with Crippen LogP contribution in [-0.2, 0) is 11.3 Å². The minimum atomic E-state index is 0.474. The zero-order chi connectivity index (χ0) is 16.1. The van der Waals surface area contributed by atoms with Crippen LogP contribution in [0, 0.1) is 0 Å². The van der Waals surface area contributed by atoms with Crippen molar-refractivity contribution in [2.24, 2.45) is 0 Å². The largest absolute Gasteiger partial charge is 0.378 e. The van der Waals surface area contributed by atoms with Crippen LogP contribution >= 0.6 is 11.6 Å². The summed E-state index contributed by atoms with van der Waals surface area (Å²) in [4.78, 5) is 11.7. The molecule has 1 saturated heterocycles. The number of rotatable bonds is 4. The summed E-state index contributed by atoms with van der Waals surface area (Å²) >= 11 is 5.98. The number of hydrogen-bond donors (Lipinski definition) is 1. The number of benzene rings is 1. The fourth-order valence-electron chi connectivity index (χ4n) is 2.67. The molecule has 0 unspecified atom stereocenters. The molecule has 1 aliphatic heterocycles. The molecular formula is C17H21ClN4O. The lowest BCUT2D eigenvalue weighted by Crippen LogP contribution is -2.29. The van der Waals surface area contributed by atoms with Gasteiger partial charge in [-0.05, 0) is 37.2 Å². The van der Waals surface area contributed by atoms with Crippen LogP contribution in [0.5, 0.6) is 0 Å². The Morgan fingerprint density at radius 3 is 2.78 bits per heavy atom. The Kier molecular flexibility index (Phi) is 5.43. The molecule has 0 radical (unpaired) electrons. The highest BCUT2D eigenvalue weighted by Crippen LogP contribution is 2.22. The standard InChI is InChI=1S/C17H21ClN4O/c1-23-12-15-11-16(22-9-2-7-19-8-10-22)21-17(20-15)13-3-5-14(18)6-4-13/h3-6,11,19H,2,7-10,12H2,1H3. The van der Waals surface area contributed by atoms with Crippen LogP contribution in [0.4, 0.5) is 5.82 Å². The van der Waals surface area contributed by atoms with Crippen molar-refractivity contribution in [3.05, 3.63) is 41.0 Å². The smallest absolute Gasteiger partial charge is 0.161 e. The van der Waals surface area contributed by atoms with Gasteiger partial charge in [0.25, 0.3) is 0 Å². The van der Waals surface area contributed by atoms with Gasteiger partial charge >= 0.3 is 0 Å². The summed E-state index contributed by atoms with van der Waals surface area (Å²) in [7, 11) is 1.68. The highest BCUT2D eigenvalue weighted by atomic mass is 35.5. The maximum Gasteiger partial charge on any atom is 0.161 e. The quantitative estimate of drug-likeness (QED) is 0.933. The van der Waals surface area contributed by atoms with Gasteiger partial charge in [-0.25, -0.2) is 9.97 Å². The second-order valence-electron chi connectivity index (χ2n) is 5.57. The molecule has 2 heterocycles. The highest BCUT2D eigenvalue weighted by Gasteiger charge is 2.14. The van der Waals surface area contributed by atoms with Crippen molar-refractivity contribution < 1.29 is 4.74 Å². The van der Waals surface area contributed by atoms with Crippen molar-refractivity contribution in [1.29, 1.82) is 0 Å². The zero-order valence-electron chi connectivity index (χ0n) is 13.3. The predicted octanol–water partition coefficient (Wildman–Crippen LogP) is 2.74. The fourth-order valence-corrected chi connectivity index (χ4v) is 2.80.